The third kappa shape index (κ3) is 4.34. The summed E-state index contributed by atoms with van der Waals surface area (Å²) in [4.78, 5) is 27.7. The molecular weight excluding hydrogens is 449 g/mol. The molecule has 4 saturated heterocycles. The van der Waals surface area contributed by atoms with Crippen molar-refractivity contribution < 1.29 is 18.7 Å². The standard InChI is InChI=1S/C23H33ClFN5O3/c1-21(2,3)33-20(31)28-9-6-22(14-28)7-10-30(22)18-11-17(24)26-19(27-18)32-15-23-5-4-8-29(23)13-16(25)12-23/h11,16H,4-10,12-15H2,1-3H3/t16-,22?,23+/m1/s1. The predicted molar refractivity (Wildman–Crippen MR) is 123 cm³/mol. The molecule has 0 bridgehead atoms. The van der Waals surface area contributed by atoms with Gasteiger partial charge in [0.25, 0.3) is 0 Å². The summed E-state index contributed by atoms with van der Waals surface area (Å²) in [7, 11) is 0. The second-order valence-electron chi connectivity index (χ2n) is 11.0. The second kappa shape index (κ2) is 8.12. The third-order valence-corrected chi connectivity index (χ3v) is 7.72. The number of hydrogen-bond acceptors (Lipinski definition) is 7. The molecule has 33 heavy (non-hydrogen) atoms. The van der Waals surface area contributed by atoms with Crippen molar-refractivity contribution in [1.29, 1.82) is 0 Å². The number of fused-ring (bicyclic) bond motifs is 1. The molecule has 0 aromatic carbocycles. The van der Waals surface area contributed by atoms with Crippen LogP contribution >= 0.6 is 11.6 Å². The Labute approximate surface area is 199 Å². The zero-order valence-corrected chi connectivity index (χ0v) is 20.4. The van der Waals surface area contributed by atoms with Crippen molar-refractivity contribution in [3.8, 4) is 6.01 Å². The van der Waals surface area contributed by atoms with Crippen LogP contribution in [-0.2, 0) is 4.74 Å². The molecule has 1 aromatic heterocycles. The van der Waals surface area contributed by atoms with E-state index < -0.39 is 11.8 Å². The fraction of sp³-hybridized carbons (Fsp3) is 0.783. The molecular formula is C23H33ClFN5O3. The molecule has 1 spiro atoms. The number of likely N-dealkylation sites (tertiary alicyclic amines) is 1. The van der Waals surface area contributed by atoms with Gasteiger partial charge >= 0.3 is 12.1 Å². The summed E-state index contributed by atoms with van der Waals surface area (Å²) in [5.74, 6) is 0.706. The van der Waals surface area contributed by atoms with Crippen LogP contribution in [0.1, 0.15) is 52.9 Å². The first-order valence-electron chi connectivity index (χ1n) is 11.9. The van der Waals surface area contributed by atoms with Crippen molar-refractivity contribution in [1.82, 2.24) is 19.8 Å². The average molecular weight is 482 g/mol. The first-order chi connectivity index (χ1) is 15.6. The number of anilines is 1. The average Bonchev–Trinajstić information content (AvgIpc) is 3.37. The molecule has 4 aliphatic rings. The summed E-state index contributed by atoms with van der Waals surface area (Å²) < 4.78 is 25.6. The van der Waals surface area contributed by atoms with Crippen LogP contribution in [0.4, 0.5) is 15.0 Å². The molecule has 4 fully saturated rings. The number of amides is 1. The molecule has 5 heterocycles. The molecule has 8 nitrogen and oxygen atoms in total. The van der Waals surface area contributed by atoms with Crippen LogP contribution < -0.4 is 9.64 Å². The van der Waals surface area contributed by atoms with E-state index in [4.69, 9.17) is 21.1 Å². The largest absolute Gasteiger partial charge is 0.461 e. The number of carbonyl (C=O) groups excluding carboxylic acids is 1. The van der Waals surface area contributed by atoms with E-state index in [-0.39, 0.29) is 23.2 Å². The van der Waals surface area contributed by atoms with E-state index >= 15 is 0 Å². The second-order valence-corrected chi connectivity index (χ2v) is 11.4. The van der Waals surface area contributed by atoms with Crippen molar-refractivity contribution >= 4 is 23.5 Å². The number of ether oxygens (including phenoxy) is 2. The van der Waals surface area contributed by atoms with Gasteiger partial charge in [-0.2, -0.15) is 9.97 Å². The lowest BCUT2D eigenvalue weighted by molar-refractivity contribution is 0.0277. The van der Waals surface area contributed by atoms with Gasteiger partial charge in [0, 0.05) is 38.7 Å². The molecule has 182 valence electrons. The van der Waals surface area contributed by atoms with E-state index in [1.165, 1.54) is 0 Å². The highest BCUT2D eigenvalue weighted by molar-refractivity contribution is 6.29. The summed E-state index contributed by atoms with van der Waals surface area (Å²) in [6.07, 6.45) is 3.22. The van der Waals surface area contributed by atoms with Gasteiger partial charge in [-0.15, -0.1) is 0 Å². The van der Waals surface area contributed by atoms with Gasteiger partial charge in [-0.05, 0) is 53.0 Å². The topological polar surface area (TPSA) is 71.0 Å². The maximum atomic E-state index is 14.1. The summed E-state index contributed by atoms with van der Waals surface area (Å²) in [6, 6.07) is 1.98. The van der Waals surface area contributed by atoms with E-state index in [1.54, 1.807) is 11.0 Å². The number of nitrogens with zero attached hydrogens (tertiary/aromatic N) is 5. The maximum absolute atomic E-state index is 14.1. The van der Waals surface area contributed by atoms with Crippen molar-refractivity contribution in [3.63, 3.8) is 0 Å². The Morgan fingerprint density at radius 1 is 1.24 bits per heavy atom. The van der Waals surface area contributed by atoms with E-state index in [0.717, 1.165) is 38.8 Å². The highest BCUT2D eigenvalue weighted by atomic mass is 35.5. The number of halogens is 2. The zero-order valence-electron chi connectivity index (χ0n) is 19.6. The number of rotatable bonds is 4. The highest BCUT2D eigenvalue weighted by Gasteiger charge is 2.52. The minimum absolute atomic E-state index is 0.167. The first kappa shape index (κ1) is 22.9. The molecule has 4 aliphatic heterocycles. The number of aromatic nitrogens is 2. The summed E-state index contributed by atoms with van der Waals surface area (Å²) in [6.45, 7) is 9.46. The zero-order chi connectivity index (χ0) is 23.4. The maximum Gasteiger partial charge on any atom is 0.410 e. The summed E-state index contributed by atoms with van der Waals surface area (Å²) in [5.41, 5.74) is -0.948. The Bertz CT molecular complexity index is 930. The Kier molecular flexibility index (Phi) is 5.63. The molecule has 1 unspecified atom stereocenters. The number of carbonyl (C=O) groups is 1. The van der Waals surface area contributed by atoms with Crippen molar-refractivity contribution in [2.45, 2.75) is 75.7 Å². The Morgan fingerprint density at radius 2 is 2.03 bits per heavy atom. The minimum Gasteiger partial charge on any atom is -0.461 e. The fourth-order valence-electron chi connectivity index (χ4n) is 5.90. The SMILES string of the molecule is CC(C)(C)OC(=O)N1CCC2(CCN2c2cc(Cl)nc(OC[C@@]34CCCN3C[C@H](F)C4)n2)C1. The molecule has 10 heteroatoms. The summed E-state index contributed by atoms with van der Waals surface area (Å²) >= 11 is 6.34. The van der Waals surface area contributed by atoms with Crippen LogP contribution in [0.2, 0.25) is 5.15 Å². The van der Waals surface area contributed by atoms with Crippen LogP contribution in [0.25, 0.3) is 0 Å². The van der Waals surface area contributed by atoms with Crippen molar-refractivity contribution in [2.24, 2.45) is 0 Å². The number of hydrogen-bond donors (Lipinski definition) is 0. The smallest absolute Gasteiger partial charge is 0.410 e. The van der Waals surface area contributed by atoms with E-state index in [0.29, 0.717) is 43.6 Å². The predicted octanol–water partition coefficient (Wildman–Crippen LogP) is 3.67. The normalized spacial score (nSPS) is 31.7. The Morgan fingerprint density at radius 3 is 2.76 bits per heavy atom. The van der Waals surface area contributed by atoms with E-state index in [2.05, 4.69) is 19.8 Å². The van der Waals surface area contributed by atoms with Gasteiger partial charge in [0.15, 0.2) is 0 Å². The molecule has 0 saturated carbocycles. The van der Waals surface area contributed by atoms with E-state index in [1.807, 2.05) is 20.8 Å². The van der Waals surface area contributed by atoms with Gasteiger partial charge in [-0.1, -0.05) is 11.6 Å². The van der Waals surface area contributed by atoms with Crippen molar-refractivity contribution in [2.75, 3.05) is 44.2 Å². The van der Waals surface area contributed by atoms with Gasteiger partial charge in [0.1, 0.15) is 29.4 Å². The lowest BCUT2D eigenvalue weighted by Crippen LogP contribution is -2.62. The Balaban J connectivity index is 1.27. The Hall–Kier alpha value is -1.87. The monoisotopic (exact) mass is 481 g/mol. The van der Waals surface area contributed by atoms with Crippen LogP contribution in [-0.4, -0.2) is 88.0 Å². The summed E-state index contributed by atoms with van der Waals surface area (Å²) in [5, 5.41) is 0.314. The van der Waals surface area contributed by atoms with Gasteiger partial charge in [-0.25, -0.2) is 9.18 Å². The molecule has 1 amide bonds. The third-order valence-electron chi connectivity index (χ3n) is 7.53. The van der Waals surface area contributed by atoms with Gasteiger partial charge < -0.3 is 19.3 Å². The van der Waals surface area contributed by atoms with Gasteiger partial charge in [0.05, 0.1) is 11.1 Å². The van der Waals surface area contributed by atoms with Crippen LogP contribution in [0.15, 0.2) is 6.07 Å². The first-order valence-corrected chi connectivity index (χ1v) is 12.3. The van der Waals surface area contributed by atoms with Crippen LogP contribution in [0.3, 0.4) is 0 Å². The molecule has 0 aliphatic carbocycles. The molecule has 5 rings (SSSR count). The quantitative estimate of drug-likeness (QED) is 0.607. The van der Waals surface area contributed by atoms with E-state index in [9.17, 15) is 9.18 Å². The van der Waals surface area contributed by atoms with Crippen molar-refractivity contribution in [3.05, 3.63) is 11.2 Å². The lowest BCUT2D eigenvalue weighted by Gasteiger charge is -2.51. The van der Waals surface area contributed by atoms with Gasteiger partial charge in [-0.3, -0.25) is 4.90 Å². The minimum atomic E-state index is -0.805. The molecule has 0 N–H and O–H groups in total. The van der Waals surface area contributed by atoms with Crippen LogP contribution in [0, 0.1) is 0 Å². The van der Waals surface area contributed by atoms with Crippen LogP contribution in [0.5, 0.6) is 6.01 Å². The molecule has 0 radical (unpaired) electrons. The lowest BCUT2D eigenvalue weighted by atomic mass is 9.84. The fourth-order valence-corrected chi connectivity index (χ4v) is 6.07. The highest BCUT2D eigenvalue weighted by Crippen LogP contribution is 2.43. The van der Waals surface area contributed by atoms with Gasteiger partial charge in [0.2, 0.25) is 0 Å². The molecule has 3 atom stereocenters. The molecule has 1 aromatic rings. The number of alkyl halides is 1.